The molecule has 1 fully saturated rings. The molecule has 0 aromatic rings. The minimum atomic E-state index is -0.0755. The number of amides is 2. The minimum absolute atomic E-state index is 0.0356. The highest BCUT2D eigenvalue weighted by Crippen LogP contribution is 2.38. The van der Waals surface area contributed by atoms with E-state index in [-0.39, 0.29) is 23.7 Å². The normalized spacial score (nSPS) is 23.3. The monoisotopic (exact) mass is 212 g/mol. The quantitative estimate of drug-likeness (QED) is 0.680. The van der Waals surface area contributed by atoms with Crippen molar-refractivity contribution >= 4 is 11.8 Å². The molecule has 4 nitrogen and oxygen atoms in total. The van der Waals surface area contributed by atoms with Gasteiger partial charge in [-0.15, -0.1) is 0 Å². The van der Waals surface area contributed by atoms with E-state index in [4.69, 9.17) is 0 Å². The molecule has 0 aromatic heterocycles. The summed E-state index contributed by atoms with van der Waals surface area (Å²) in [5.74, 6) is -0.0798. The molecular formula is C11H20N2O2. The van der Waals surface area contributed by atoms with Crippen molar-refractivity contribution in [3.63, 3.8) is 0 Å². The van der Waals surface area contributed by atoms with E-state index in [1.165, 1.54) is 0 Å². The fourth-order valence-electron chi connectivity index (χ4n) is 1.53. The van der Waals surface area contributed by atoms with Gasteiger partial charge in [0, 0.05) is 13.1 Å². The molecule has 0 aromatic carbocycles. The first-order chi connectivity index (χ1) is 7.20. The average molecular weight is 212 g/mol. The molecule has 2 amide bonds. The first-order valence-electron chi connectivity index (χ1n) is 5.76. The van der Waals surface area contributed by atoms with Gasteiger partial charge in [-0.3, -0.25) is 9.59 Å². The van der Waals surface area contributed by atoms with Gasteiger partial charge in [-0.2, -0.15) is 0 Å². The highest BCUT2D eigenvalue weighted by molar-refractivity contribution is 5.92. The fourth-order valence-corrected chi connectivity index (χ4v) is 1.53. The highest BCUT2D eigenvalue weighted by Gasteiger charge is 2.47. The Hall–Kier alpha value is -1.06. The number of hydrogen-bond donors (Lipinski definition) is 2. The Kier molecular flexibility index (Phi) is 4.59. The zero-order valence-electron chi connectivity index (χ0n) is 9.51. The molecule has 4 heteroatoms. The molecule has 0 radical (unpaired) electrons. The van der Waals surface area contributed by atoms with E-state index < -0.39 is 0 Å². The molecule has 1 rings (SSSR count). The maximum atomic E-state index is 11.5. The molecule has 1 aliphatic rings. The Morgan fingerprint density at radius 2 is 1.40 bits per heavy atom. The van der Waals surface area contributed by atoms with Gasteiger partial charge in [0.1, 0.15) is 0 Å². The van der Waals surface area contributed by atoms with Crippen molar-refractivity contribution in [3.8, 4) is 0 Å². The van der Waals surface area contributed by atoms with Crippen LogP contribution in [0.5, 0.6) is 0 Å². The molecule has 2 unspecified atom stereocenters. The molecule has 1 aliphatic carbocycles. The van der Waals surface area contributed by atoms with E-state index in [9.17, 15) is 9.59 Å². The number of rotatable bonds is 6. The van der Waals surface area contributed by atoms with Crippen LogP contribution in [-0.4, -0.2) is 24.9 Å². The Balaban J connectivity index is 2.21. The first-order valence-corrected chi connectivity index (χ1v) is 5.76. The van der Waals surface area contributed by atoms with Crippen LogP contribution in [0.3, 0.4) is 0 Å². The first kappa shape index (κ1) is 12.0. The van der Waals surface area contributed by atoms with Gasteiger partial charge >= 0.3 is 0 Å². The molecule has 2 N–H and O–H groups in total. The van der Waals surface area contributed by atoms with Crippen LogP contribution >= 0.6 is 0 Å². The van der Waals surface area contributed by atoms with Crippen LogP contribution < -0.4 is 10.6 Å². The van der Waals surface area contributed by atoms with Crippen molar-refractivity contribution < 1.29 is 9.59 Å². The van der Waals surface area contributed by atoms with Gasteiger partial charge in [0.05, 0.1) is 11.8 Å². The molecule has 0 heterocycles. The smallest absolute Gasteiger partial charge is 0.223 e. The summed E-state index contributed by atoms with van der Waals surface area (Å²) in [6, 6.07) is 0. The van der Waals surface area contributed by atoms with Crippen LogP contribution in [0, 0.1) is 11.8 Å². The second-order valence-electron chi connectivity index (χ2n) is 4.03. The number of carbonyl (C=O) groups excluding carboxylic acids is 2. The number of carbonyl (C=O) groups is 2. The van der Waals surface area contributed by atoms with Crippen molar-refractivity contribution in [3.05, 3.63) is 0 Å². The van der Waals surface area contributed by atoms with E-state index in [1.54, 1.807) is 0 Å². The van der Waals surface area contributed by atoms with Gasteiger partial charge in [0.25, 0.3) is 0 Å². The largest absolute Gasteiger partial charge is 0.356 e. The SMILES string of the molecule is CCCNC(=O)C1CC1C(=O)NCCC. The van der Waals surface area contributed by atoms with Crippen molar-refractivity contribution in [2.45, 2.75) is 33.1 Å². The van der Waals surface area contributed by atoms with Gasteiger partial charge in [-0.25, -0.2) is 0 Å². The van der Waals surface area contributed by atoms with Crippen molar-refractivity contribution in [1.29, 1.82) is 0 Å². The van der Waals surface area contributed by atoms with E-state index in [0.717, 1.165) is 12.8 Å². The van der Waals surface area contributed by atoms with E-state index >= 15 is 0 Å². The zero-order chi connectivity index (χ0) is 11.3. The highest BCUT2D eigenvalue weighted by atomic mass is 16.2. The summed E-state index contributed by atoms with van der Waals surface area (Å²) < 4.78 is 0. The topological polar surface area (TPSA) is 58.2 Å². The van der Waals surface area contributed by atoms with E-state index in [0.29, 0.717) is 19.5 Å². The molecule has 0 aliphatic heterocycles. The van der Waals surface area contributed by atoms with Gasteiger partial charge in [-0.05, 0) is 19.3 Å². The Bertz CT molecular complexity index is 217. The lowest BCUT2D eigenvalue weighted by Crippen LogP contribution is -2.30. The summed E-state index contributed by atoms with van der Waals surface area (Å²) in [6.45, 7) is 5.44. The zero-order valence-corrected chi connectivity index (χ0v) is 9.51. The second kappa shape index (κ2) is 5.73. The summed E-state index contributed by atoms with van der Waals surface area (Å²) in [5, 5.41) is 5.63. The molecule has 0 spiro atoms. The molecule has 0 bridgehead atoms. The standard InChI is InChI=1S/C11H20N2O2/c1-3-5-12-10(14)8-7-9(8)11(15)13-6-4-2/h8-9H,3-7H2,1-2H3,(H,12,14)(H,13,15). The third-order valence-corrected chi connectivity index (χ3v) is 2.56. The summed E-state index contributed by atoms with van der Waals surface area (Å²) in [5.41, 5.74) is 0. The van der Waals surface area contributed by atoms with Gasteiger partial charge in [0.15, 0.2) is 0 Å². The Labute approximate surface area is 90.8 Å². The number of nitrogens with one attached hydrogen (secondary N) is 2. The average Bonchev–Trinajstić information content (AvgIpc) is 3.02. The summed E-state index contributed by atoms with van der Waals surface area (Å²) in [4.78, 5) is 22.9. The third kappa shape index (κ3) is 3.53. The summed E-state index contributed by atoms with van der Waals surface area (Å²) >= 11 is 0. The van der Waals surface area contributed by atoms with Crippen LogP contribution in [-0.2, 0) is 9.59 Å². The van der Waals surface area contributed by atoms with Crippen LogP contribution in [0.4, 0.5) is 0 Å². The predicted molar refractivity (Wildman–Crippen MR) is 58.2 cm³/mol. The molecule has 86 valence electrons. The molecule has 15 heavy (non-hydrogen) atoms. The van der Waals surface area contributed by atoms with Gasteiger partial charge in [-0.1, -0.05) is 13.8 Å². The number of hydrogen-bond acceptors (Lipinski definition) is 2. The Morgan fingerprint density at radius 1 is 1.00 bits per heavy atom. The van der Waals surface area contributed by atoms with Gasteiger partial charge < -0.3 is 10.6 Å². The van der Waals surface area contributed by atoms with Crippen LogP contribution in [0.25, 0.3) is 0 Å². The fraction of sp³-hybridized carbons (Fsp3) is 0.818. The van der Waals surface area contributed by atoms with Crippen molar-refractivity contribution in [2.75, 3.05) is 13.1 Å². The maximum Gasteiger partial charge on any atom is 0.223 e. The van der Waals surface area contributed by atoms with Gasteiger partial charge in [0.2, 0.25) is 11.8 Å². The molecular weight excluding hydrogens is 192 g/mol. The summed E-state index contributed by atoms with van der Waals surface area (Å²) in [6.07, 6.45) is 2.58. The van der Waals surface area contributed by atoms with Crippen LogP contribution in [0.2, 0.25) is 0 Å². The predicted octanol–water partition coefficient (Wildman–Crippen LogP) is 0.675. The molecule has 0 saturated heterocycles. The van der Waals surface area contributed by atoms with Crippen molar-refractivity contribution in [2.24, 2.45) is 11.8 Å². The lowest BCUT2D eigenvalue weighted by atomic mass is 10.2. The Morgan fingerprint density at radius 3 is 1.73 bits per heavy atom. The van der Waals surface area contributed by atoms with Crippen LogP contribution in [0.1, 0.15) is 33.1 Å². The lowest BCUT2D eigenvalue weighted by Gasteiger charge is -2.03. The van der Waals surface area contributed by atoms with E-state index in [1.807, 2.05) is 13.8 Å². The maximum absolute atomic E-state index is 11.5. The second-order valence-corrected chi connectivity index (χ2v) is 4.03. The summed E-state index contributed by atoms with van der Waals surface area (Å²) in [7, 11) is 0. The minimum Gasteiger partial charge on any atom is -0.356 e. The third-order valence-electron chi connectivity index (χ3n) is 2.56. The van der Waals surface area contributed by atoms with Crippen molar-refractivity contribution in [1.82, 2.24) is 10.6 Å². The molecule has 1 saturated carbocycles. The van der Waals surface area contributed by atoms with Crippen LogP contribution in [0.15, 0.2) is 0 Å². The van der Waals surface area contributed by atoms with E-state index in [2.05, 4.69) is 10.6 Å². The molecule has 2 atom stereocenters. The lowest BCUT2D eigenvalue weighted by molar-refractivity contribution is -0.127.